The molecule has 1 N–H and O–H groups in total. The van der Waals surface area contributed by atoms with Crippen molar-refractivity contribution in [3.05, 3.63) is 41.6 Å². The SMILES string of the molecule is CCOc1ccc(CN(C)[C@H](C)C(=O)Nc2cc(C)no2)cc1. The normalized spacial score (nSPS) is 12.2. The van der Waals surface area contributed by atoms with E-state index in [4.69, 9.17) is 9.26 Å². The van der Waals surface area contributed by atoms with Gasteiger partial charge in [0, 0.05) is 12.6 Å². The highest BCUT2D eigenvalue weighted by molar-refractivity contribution is 5.93. The molecule has 23 heavy (non-hydrogen) atoms. The largest absolute Gasteiger partial charge is 0.494 e. The maximum absolute atomic E-state index is 12.2. The van der Waals surface area contributed by atoms with Gasteiger partial charge in [0.15, 0.2) is 0 Å². The molecule has 2 aromatic rings. The van der Waals surface area contributed by atoms with E-state index in [2.05, 4.69) is 10.5 Å². The molecule has 0 aliphatic rings. The van der Waals surface area contributed by atoms with Crippen LogP contribution in [0.1, 0.15) is 25.1 Å². The molecular formula is C17H23N3O3. The van der Waals surface area contributed by atoms with Crippen LogP contribution in [0, 0.1) is 6.92 Å². The number of likely N-dealkylation sites (N-methyl/N-ethyl adjacent to an activating group) is 1. The lowest BCUT2D eigenvalue weighted by Crippen LogP contribution is -2.39. The lowest BCUT2D eigenvalue weighted by atomic mass is 10.2. The number of rotatable bonds is 7. The molecule has 124 valence electrons. The summed E-state index contributed by atoms with van der Waals surface area (Å²) in [5.74, 6) is 1.09. The highest BCUT2D eigenvalue weighted by Crippen LogP contribution is 2.15. The molecule has 0 aliphatic heterocycles. The van der Waals surface area contributed by atoms with Crippen molar-refractivity contribution in [2.45, 2.75) is 33.4 Å². The number of aromatic nitrogens is 1. The van der Waals surface area contributed by atoms with E-state index in [9.17, 15) is 4.79 Å². The van der Waals surface area contributed by atoms with Crippen LogP contribution in [0.2, 0.25) is 0 Å². The van der Waals surface area contributed by atoms with Gasteiger partial charge in [-0.1, -0.05) is 17.3 Å². The summed E-state index contributed by atoms with van der Waals surface area (Å²) in [6, 6.07) is 9.28. The van der Waals surface area contributed by atoms with E-state index in [1.54, 1.807) is 13.0 Å². The van der Waals surface area contributed by atoms with Gasteiger partial charge in [0.25, 0.3) is 0 Å². The average molecular weight is 317 g/mol. The van der Waals surface area contributed by atoms with Crippen molar-refractivity contribution in [3.63, 3.8) is 0 Å². The maximum Gasteiger partial charge on any atom is 0.243 e. The third-order valence-corrected chi connectivity index (χ3v) is 3.58. The molecule has 6 nitrogen and oxygen atoms in total. The van der Waals surface area contributed by atoms with Gasteiger partial charge in [0.05, 0.1) is 18.3 Å². The van der Waals surface area contributed by atoms with Crippen molar-refractivity contribution in [2.24, 2.45) is 0 Å². The summed E-state index contributed by atoms with van der Waals surface area (Å²) in [6.07, 6.45) is 0. The van der Waals surface area contributed by atoms with E-state index in [0.717, 1.165) is 17.0 Å². The van der Waals surface area contributed by atoms with Crippen LogP contribution in [-0.2, 0) is 11.3 Å². The number of nitrogens with zero attached hydrogens (tertiary/aromatic N) is 2. The van der Waals surface area contributed by atoms with Crippen LogP contribution in [0.25, 0.3) is 0 Å². The van der Waals surface area contributed by atoms with Gasteiger partial charge in [-0.25, -0.2) is 0 Å². The van der Waals surface area contributed by atoms with Gasteiger partial charge in [0.1, 0.15) is 5.75 Å². The molecule has 1 heterocycles. The highest BCUT2D eigenvalue weighted by atomic mass is 16.5. The Kier molecular flexibility index (Phi) is 5.76. The summed E-state index contributed by atoms with van der Waals surface area (Å²) in [6.45, 7) is 6.93. The minimum atomic E-state index is -0.299. The third kappa shape index (κ3) is 4.82. The van der Waals surface area contributed by atoms with Crippen molar-refractivity contribution in [1.82, 2.24) is 10.1 Å². The minimum Gasteiger partial charge on any atom is -0.494 e. The fourth-order valence-corrected chi connectivity index (χ4v) is 2.13. The van der Waals surface area contributed by atoms with E-state index in [0.29, 0.717) is 19.0 Å². The van der Waals surface area contributed by atoms with Crippen LogP contribution >= 0.6 is 0 Å². The fourth-order valence-electron chi connectivity index (χ4n) is 2.13. The molecule has 0 spiro atoms. The lowest BCUT2D eigenvalue weighted by molar-refractivity contribution is -0.120. The number of ether oxygens (including phenoxy) is 1. The van der Waals surface area contributed by atoms with E-state index >= 15 is 0 Å². The monoisotopic (exact) mass is 317 g/mol. The predicted molar refractivity (Wildman–Crippen MR) is 88.4 cm³/mol. The van der Waals surface area contributed by atoms with Crippen LogP contribution < -0.4 is 10.1 Å². The van der Waals surface area contributed by atoms with Gasteiger partial charge in [-0.15, -0.1) is 0 Å². The molecule has 0 aliphatic carbocycles. The molecule has 0 saturated carbocycles. The summed E-state index contributed by atoms with van der Waals surface area (Å²) < 4.78 is 10.4. The van der Waals surface area contributed by atoms with E-state index in [1.807, 2.05) is 50.1 Å². The van der Waals surface area contributed by atoms with Crippen LogP contribution in [0.5, 0.6) is 5.75 Å². The standard InChI is InChI=1S/C17H23N3O3/c1-5-22-15-8-6-14(7-9-15)11-20(4)13(3)17(21)18-16-10-12(2)19-23-16/h6-10,13H,5,11H2,1-4H3,(H,18,21)/t13-/m1/s1. The molecule has 1 amide bonds. The molecule has 0 bridgehead atoms. The predicted octanol–water partition coefficient (Wildman–Crippen LogP) is 2.84. The zero-order chi connectivity index (χ0) is 16.8. The Morgan fingerprint density at radius 3 is 2.65 bits per heavy atom. The zero-order valence-corrected chi connectivity index (χ0v) is 14.0. The van der Waals surface area contributed by atoms with Gasteiger partial charge in [-0.2, -0.15) is 0 Å². The quantitative estimate of drug-likeness (QED) is 0.850. The third-order valence-electron chi connectivity index (χ3n) is 3.58. The summed E-state index contributed by atoms with van der Waals surface area (Å²) >= 11 is 0. The van der Waals surface area contributed by atoms with E-state index in [1.165, 1.54) is 0 Å². The molecule has 0 radical (unpaired) electrons. The van der Waals surface area contributed by atoms with E-state index in [-0.39, 0.29) is 11.9 Å². The number of anilines is 1. The van der Waals surface area contributed by atoms with Crippen LogP contribution in [0.3, 0.4) is 0 Å². The summed E-state index contributed by atoms with van der Waals surface area (Å²) in [4.78, 5) is 14.2. The number of hydrogen-bond acceptors (Lipinski definition) is 5. The van der Waals surface area contributed by atoms with Gasteiger partial charge in [-0.05, 0) is 45.5 Å². The van der Waals surface area contributed by atoms with Gasteiger partial charge < -0.3 is 9.26 Å². The van der Waals surface area contributed by atoms with Gasteiger partial charge in [0.2, 0.25) is 11.8 Å². The molecule has 2 rings (SSSR count). The number of carbonyl (C=O) groups excluding carboxylic acids is 1. The Morgan fingerprint density at radius 1 is 1.39 bits per heavy atom. The summed E-state index contributed by atoms with van der Waals surface area (Å²) in [5.41, 5.74) is 1.85. The summed E-state index contributed by atoms with van der Waals surface area (Å²) in [7, 11) is 1.91. The number of aryl methyl sites for hydroxylation is 1. The molecule has 1 aromatic heterocycles. The number of nitrogens with one attached hydrogen (secondary N) is 1. The van der Waals surface area contributed by atoms with Crippen LogP contribution in [-0.4, -0.2) is 35.7 Å². The first-order chi connectivity index (χ1) is 11.0. The smallest absolute Gasteiger partial charge is 0.243 e. The molecule has 6 heteroatoms. The number of hydrogen-bond donors (Lipinski definition) is 1. The molecule has 1 atom stereocenters. The first kappa shape index (κ1) is 17.0. The zero-order valence-electron chi connectivity index (χ0n) is 14.0. The first-order valence-electron chi connectivity index (χ1n) is 7.65. The molecule has 0 saturated heterocycles. The number of carbonyl (C=O) groups is 1. The molecule has 0 fully saturated rings. The van der Waals surface area contributed by atoms with Crippen molar-refractivity contribution >= 4 is 11.8 Å². The Bertz CT molecular complexity index is 637. The van der Waals surface area contributed by atoms with Crippen molar-refractivity contribution in [2.75, 3.05) is 19.0 Å². The molecule has 1 aromatic carbocycles. The van der Waals surface area contributed by atoms with Crippen LogP contribution in [0.15, 0.2) is 34.9 Å². The number of amides is 1. The van der Waals surface area contributed by atoms with Gasteiger partial charge in [-0.3, -0.25) is 15.0 Å². The Labute approximate surface area is 136 Å². The maximum atomic E-state index is 12.2. The van der Waals surface area contributed by atoms with Crippen LogP contribution in [0.4, 0.5) is 5.88 Å². The number of benzene rings is 1. The Balaban J connectivity index is 1.90. The van der Waals surface area contributed by atoms with Crippen molar-refractivity contribution < 1.29 is 14.1 Å². The highest BCUT2D eigenvalue weighted by Gasteiger charge is 2.19. The second-order valence-electron chi connectivity index (χ2n) is 5.49. The van der Waals surface area contributed by atoms with E-state index < -0.39 is 0 Å². The minimum absolute atomic E-state index is 0.130. The first-order valence-corrected chi connectivity index (χ1v) is 7.65. The fraction of sp³-hybridized carbons (Fsp3) is 0.412. The second kappa shape index (κ2) is 7.78. The lowest BCUT2D eigenvalue weighted by Gasteiger charge is -2.23. The average Bonchev–Trinajstić information content (AvgIpc) is 2.93. The Morgan fingerprint density at radius 2 is 2.09 bits per heavy atom. The second-order valence-corrected chi connectivity index (χ2v) is 5.49. The van der Waals surface area contributed by atoms with Crippen molar-refractivity contribution in [3.8, 4) is 5.75 Å². The topological polar surface area (TPSA) is 67.6 Å². The van der Waals surface area contributed by atoms with Gasteiger partial charge >= 0.3 is 0 Å². The molecule has 0 unspecified atom stereocenters. The Hall–Kier alpha value is -2.34. The summed E-state index contributed by atoms with van der Waals surface area (Å²) in [5, 5.41) is 6.48. The molecular weight excluding hydrogens is 294 g/mol. The van der Waals surface area contributed by atoms with Crippen molar-refractivity contribution in [1.29, 1.82) is 0 Å².